The van der Waals surface area contributed by atoms with Gasteiger partial charge in [-0.15, -0.1) is 0 Å². The van der Waals surface area contributed by atoms with Crippen molar-refractivity contribution in [1.29, 1.82) is 0 Å². The van der Waals surface area contributed by atoms with Crippen LogP contribution in [-0.4, -0.2) is 23.7 Å². The van der Waals surface area contributed by atoms with Crippen molar-refractivity contribution in [3.8, 4) is 5.75 Å². The quantitative estimate of drug-likeness (QED) is 0.731. The zero-order chi connectivity index (χ0) is 14.7. The number of carbonyl (C=O) groups excluding carboxylic acids is 2. The molecule has 1 atom stereocenters. The van der Waals surface area contributed by atoms with Crippen LogP contribution in [0.1, 0.15) is 25.5 Å². The minimum atomic E-state index is -0.644. The molecule has 0 bridgehead atoms. The number of phenols is 1. The molecule has 0 aliphatic carbocycles. The van der Waals surface area contributed by atoms with Crippen LogP contribution in [0.25, 0.3) is 0 Å². The summed E-state index contributed by atoms with van der Waals surface area (Å²) in [6.07, 6.45) is 0. The van der Waals surface area contributed by atoms with Gasteiger partial charge in [0, 0.05) is 5.70 Å². The van der Waals surface area contributed by atoms with E-state index in [1.807, 2.05) is 0 Å². The summed E-state index contributed by atoms with van der Waals surface area (Å²) in [6.45, 7) is 3.60. The van der Waals surface area contributed by atoms with Gasteiger partial charge in [0.25, 0.3) is 0 Å². The Hall–Kier alpha value is -2.50. The van der Waals surface area contributed by atoms with E-state index in [0.717, 1.165) is 0 Å². The summed E-state index contributed by atoms with van der Waals surface area (Å²) < 4.78 is 5.02. The molecule has 6 nitrogen and oxygen atoms in total. The largest absolute Gasteiger partial charge is 0.508 e. The Balaban J connectivity index is 2.44. The van der Waals surface area contributed by atoms with Crippen molar-refractivity contribution >= 4 is 12.0 Å². The van der Waals surface area contributed by atoms with Crippen LogP contribution >= 0.6 is 0 Å². The molecule has 1 aromatic rings. The maximum atomic E-state index is 12.0. The first kappa shape index (κ1) is 13.9. The Morgan fingerprint density at radius 1 is 1.45 bits per heavy atom. The summed E-state index contributed by atoms with van der Waals surface area (Å²) >= 11 is 0. The summed E-state index contributed by atoms with van der Waals surface area (Å²) in [5.74, 6) is -0.429. The molecule has 106 valence electrons. The predicted molar refractivity (Wildman–Crippen MR) is 71.8 cm³/mol. The highest BCUT2D eigenvalue weighted by Crippen LogP contribution is 2.29. The maximum Gasteiger partial charge on any atom is 0.338 e. The number of ether oxygens (including phenoxy) is 1. The van der Waals surface area contributed by atoms with Crippen molar-refractivity contribution in [1.82, 2.24) is 10.6 Å². The molecule has 1 aliphatic rings. The van der Waals surface area contributed by atoms with Crippen molar-refractivity contribution in [2.75, 3.05) is 6.61 Å². The minimum absolute atomic E-state index is 0.0659. The first-order valence-corrected chi connectivity index (χ1v) is 6.27. The van der Waals surface area contributed by atoms with Gasteiger partial charge >= 0.3 is 12.0 Å². The number of hydrogen-bond acceptors (Lipinski definition) is 4. The Kier molecular flexibility index (Phi) is 3.93. The lowest BCUT2D eigenvalue weighted by atomic mass is 9.95. The Morgan fingerprint density at radius 2 is 2.20 bits per heavy atom. The highest BCUT2D eigenvalue weighted by atomic mass is 16.5. The number of benzene rings is 1. The predicted octanol–water partition coefficient (Wildman–Crippen LogP) is 1.58. The summed E-state index contributed by atoms with van der Waals surface area (Å²) in [6, 6.07) is 5.36. The number of allylic oxidation sites excluding steroid dienone is 1. The van der Waals surface area contributed by atoms with Gasteiger partial charge in [0.05, 0.1) is 18.2 Å². The highest BCUT2D eigenvalue weighted by Gasteiger charge is 2.32. The van der Waals surface area contributed by atoms with Crippen molar-refractivity contribution in [3.63, 3.8) is 0 Å². The fourth-order valence-electron chi connectivity index (χ4n) is 2.13. The van der Waals surface area contributed by atoms with Gasteiger partial charge in [-0.2, -0.15) is 0 Å². The summed E-state index contributed by atoms with van der Waals surface area (Å²) in [7, 11) is 0. The van der Waals surface area contributed by atoms with Gasteiger partial charge in [-0.1, -0.05) is 12.1 Å². The van der Waals surface area contributed by atoms with Crippen molar-refractivity contribution in [3.05, 3.63) is 41.1 Å². The number of carbonyl (C=O) groups is 2. The number of amides is 2. The fourth-order valence-corrected chi connectivity index (χ4v) is 2.13. The molecular formula is C14H16N2O4. The van der Waals surface area contributed by atoms with E-state index >= 15 is 0 Å². The first-order valence-electron chi connectivity index (χ1n) is 6.27. The monoisotopic (exact) mass is 276 g/mol. The van der Waals surface area contributed by atoms with E-state index in [4.69, 9.17) is 4.74 Å². The Morgan fingerprint density at radius 3 is 2.85 bits per heavy atom. The van der Waals surface area contributed by atoms with Gasteiger partial charge in [0.1, 0.15) is 5.75 Å². The number of esters is 1. The number of aromatic hydroxyl groups is 1. The number of rotatable bonds is 3. The van der Waals surface area contributed by atoms with Gasteiger partial charge in [0.2, 0.25) is 0 Å². The first-order chi connectivity index (χ1) is 9.52. The third-order valence-corrected chi connectivity index (χ3v) is 2.97. The minimum Gasteiger partial charge on any atom is -0.508 e. The standard InChI is InChI=1S/C14H16N2O4/c1-3-20-13(18)11-8(2)15-14(19)16-12(11)9-5-4-6-10(17)7-9/h4-7,12,17H,3H2,1-2H3,(H2,15,16,19)/t12-/m0/s1. The van der Waals surface area contributed by atoms with Crippen molar-refractivity contribution in [2.45, 2.75) is 19.9 Å². The van der Waals surface area contributed by atoms with Crippen molar-refractivity contribution < 1.29 is 19.4 Å². The molecule has 3 N–H and O–H groups in total. The van der Waals surface area contributed by atoms with Crippen LogP contribution in [0, 0.1) is 0 Å². The van der Waals surface area contributed by atoms with E-state index in [9.17, 15) is 14.7 Å². The van der Waals surface area contributed by atoms with E-state index < -0.39 is 18.0 Å². The average Bonchev–Trinajstić information content (AvgIpc) is 2.37. The second kappa shape index (κ2) is 5.64. The smallest absolute Gasteiger partial charge is 0.338 e. The molecule has 0 aromatic heterocycles. The number of urea groups is 1. The number of nitrogens with one attached hydrogen (secondary N) is 2. The molecule has 0 fully saturated rings. The van der Waals surface area contributed by atoms with Gasteiger partial charge in [-0.25, -0.2) is 9.59 Å². The number of hydrogen-bond donors (Lipinski definition) is 3. The van der Waals surface area contributed by atoms with Gasteiger partial charge in [0.15, 0.2) is 0 Å². The zero-order valence-corrected chi connectivity index (χ0v) is 11.3. The van der Waals surface area contributed by atoms with Crippen LogP contribution < -0.4 is 10.6 Å². The third-order valence-electron chi connectivity index (χ3n) is 2.97. The van der Waals surface area contributed by atoms with Gasteiger partial charge < -0.3 is 20.5 Å². The van der Waals surface area contributed by atoms with E-state index in [2.05, 4.69) is 10.6 Å². The molecule has 1 aliphatic heterocycles. The van der Waals surface area contributed by atoms with Crippen LogP contribution in [0.5, 0.6) is 5.75 Å². The molecule has 2 rings (SSSR count). The summed E-state index contributed by atoms with van der Waals surface area (Å²) in [5, 5.41) is 14.8. The molecular weight excluding hydrogens is 260 g/mol. The van der Waals surface area contributed by atoms with E-state index in [1.165, 1.54) is 12.1 Å². The van der Waals surface area contributed by atoms with Crippen LogP contribution in [0.4, 0.5) is 4.79 Å². The van der Waals surface area contributed by atoms with E-state index in [0.29, 0.717) is 16.8 Å². The second-order valence-corrected chi connectivity index (χ2v) is 4.39. The normalized spacial score (nSPS) is 18.3. The van der Waals surface area contributed by atoms with Gasteiger partial charge in [-0.05, 0) is 31.5 Å². The number of phenolic OH excluding ortho intramolecular Hbond substituents is 1. The summed E-state index contributed by atoms with van der Waals surface area (Å²) in [4.78, 5) is 23.6. The van der Waals surface area contributed by atoms with Crippen LogP contribution in [0.15, 0.2) is 35.5 Å². The fraction of sp³-hybridized carbons (Fsp3) is 0.286. The lowest BCUT2D eigenvalue weighted by Crippen LogP contribution is -2.45. The SMILES string of the molecule is CCOC(=O)C1=C(C)NC(=O)N[C@H]1c1cccc(O)c1. The zero-order valence-electron chi connectivity index (χ0n) is 11.3. The summed E-state index contributed by atoms with van der Waals surface area (Å²) in [5.41, 5.74) is 1.39. The molecule has 0 unspecified atom stereocenters. The highest BCUT2D eigenvalue weighted by molar-refractivity contribution is 5.95. The molecule has 1 heterocycles. The maximum absolute atomic E-state index is 12.0. The Labute approximate surface area is 116 Å². The van der Waals surface area contributed by atoms with Crippen molar-refractivity contribution in [2.24, 2.45) is 0 Å². The lowest BCUT2D eigenvalue weighted by Gasteiger charge is -2.28. The van der Waals surface area contributed by atoms with Gasteiger partial charge in [-0.3, -0.25) is 0 Å². The molecule has 1 aromatic carbocycles. The van der Waals surface area contributed by atoms with Crippen LogP contribution in [0.3, 0.4) is 0 Å². The Bertz CT molecular complexity index is 580. The average molecular weight is 276 g/mol. The third kappa shape index (κ3) is 2.74. The molecule has 0 saturated carbocycles. The van der Waals surface area contributed by atoms with E-state index in [1.54, 1.807) is 26.0 Å². The molecule has 2 amide bonds. The lowest BCUT2D eigenvalue weighted by molar-refractivity contribution is -0.139. The van der Waals surface area contributed by atoms with Crippen LogP contribution in [0.2, 0.25) is 0 Å². The second-order valence-electron chi connectivity index (χ2n) is 4.39. The molecule has 0 radical (unpaired) electrons. The molecule has 20 heavy (non-hydrogen) atoms. The van der Waals surface area contributed by atoms with E-state index in [-0.39, 0.29) is 12.4 Å². The topological polar surface area (TPSA) is 87.7 Å². The molecule has 0 spiro atoms. The van der Waals surface area contributed by atoms with Crippen LogP contribution in [-0.2, 0) is 9.53 Å². The molecule has 0 saturated heterocycles. The molecule has 6 heteroatoms.